The highest BCUT2D eigenvalue weighted by Gasteiger charge is 2.24. The first-order valence-electron chi connectivity index (χ1n) is 9.07. The summed E-state index contributed by atoms with van der Waals surface area (Å²) >= 11 is 0. The monoisotopic (exact) mass is 330 g/mol. The molecule has 5 nitrogen and oxygen atoms in total. The van der Waals surface area contributed by atoms with Crippen LogP contribution in [0.5, 0.6) is 0 Å². The van der Waals surface area contributed by atoms with E-state index in [1.54, 1.807) is 0 Å². The molecule has 2 aliphatic rings. The van der Waals surface area contributed by atoms with E-state index in [4.69, 9.17) is 0 Å². The van der Waals surface area contributed by atoms with Crippen molar-refractivity contribution in [2.45, 2.75) is 13.5 Å². The molecule has 1 aromatic carbocycles. The van der Waals surface area contributed by atoms with Gasteiger partial charge in [-0.05, 0) is 19.5 Å². The Morgan fingerprint density at radius 2 is 1.62 bits per heavy atom. The summed E-state index contributed by atoms with van der Waals surface area (Å²) in [6.45, 7) is 11.5. The van der Waals surface area contributed by atoms with Crippen LogP contribution in [-0.2, 0) is 11.3 Å². The van der Waals surface area contributed by atoms with E-state index in [0.29, 0.717) is 12.5 Å². The Morgan fingerprint density at radius 3 is 2.29 bits per heavy atom. The number of hydrogen-bond donors (Lipinski definition) is 0. The van der Waals surface area contributed by atoms with Crippen LogP contribution in [-0.4, -0.2) is 91.5 Å². The Morgan fingerprint density at radius 1 is 0.958 bits per heavy atom. The number of carbonyl (C=O) groups is 1. The minimum absolute atomic E-state index is 0.301. The number of benzene rings is 1. The zero-order chi connectivity index (χ0) is 16.9. The van der Waals surface area contributed by atoms with Crippen LogP contribution >= 0.6 is 0 Å². The second-order valence-electron chi connectivity index (χ2n) is 7.23. The van der Waals surface area contributed by atoms with Crippen molar-refractivity contribution in [2.75, 3.05) is 66.0 Å². The fourth-order valence-corrected chi connectivity index (χ4v) is 3.52. The van der Waals surface area contributed by atoms with Gasteiger partial charge in [-0.3, -0.25) is 14.6 Å². The largest absolute Gasteiger partial charge is 0.339 e. The maximum Gasteiger partial charge on any atom is 0.236 e. The van der Waals surface area contributed by atoms with E-state index in [9.17, 15) is 4.79 Å². The number of hydrogen-bond acceptors (Lipinski definition) is 4. The molecule has 0 atom stereocenters. The molecule has 0 spiro atoms. The minimum Gasteiger partial charge on any atom is -0.339 e. The predicted octanol–water partition coefficient (Wildman–Crippen LogP) is 0.887. The highest BCUT2D eigenvalue weighted by Crippen LogP contribution is 2.11. The van der Waals surface area contributed by atoms with Gasteiger partial charge in [-0.25, -0.2) is 0 Å². The maximum atomic E-state index is 12.5. The molecule has 0 bridgehead atoms. The lowest BCUT2D eigenvalue weighted by molar-refractivity contribution is -0.134. The Bertz CT molecular complexity index is 546. The summed E-state index contributed by atoms with van der Waals surface area (Å²) in [5, 5.41) is 0. The molecule has 1 amide bonds. The van der Waals surface area contributed by atoms with Crippen LogP contribution < -0.4 is 0 Å². The number of carbonyl (C=O) groups excluding carboxylic acids is 1. The van der Waals surface area contributed by atoms with Crippen molar-refractivity contribution in [3.8, 4) is 0 Å². The topological polar surface area (TPSA) is 30.0 Å². The van der Waals surface area contributed by atoms with Crippen molar-refractivity contribution < 1.29 is 4.79 Å². The van der Waals surface area contributed by atoms with E-state index in [0.717, 1.165) is 58.9 Å². The summed E-state index contributed by atoms with van der Waals surface area (Å²) in [5.74, 6) is 0.301. The summed E-state index contributed by atoms with van der Waals surface area (Å²) in [4.78, 5) is 21.6. The third kappa shape index (κ3) is 4.79. The van der Waals surface area contributed by atoms with Gasteiger partial charge < -0.3 is 9.80 Å². The Balaban J connectivity index is 1.42. The lowest BCUT2D eigenvalue weighted by atomic mass is 10.1. The van der Waals surface area contributed by atoms with E-state index >= 15 is 0 Å². The molecule has 24 heavy (non-hydrogen) atoms. The van der Waals surface area contributed by atoms with Crippen LogP contribution in [0.1, 0.15) is 11.1 Å². The molecule has 3 rings (SSSR count). The molecule has 0 saturated carbocycles. The Labute approximate surface area is 145 Å². The summed E-state index contributed by atoms with van der Waals surface area (Å²) < 4.78 is 0. The second-order valence-corrected chi connectivity index (χ2v) is 7.23. The molecule has 2 heterocycles. The third-order valence-corrected chi connectivity index (χ3v) is 5.17. The van der Waals surface area contributed by atoms with Crippen molar-refractivity contribution in [1.29, 1.82) is 0 Å². The first-order valence-corrected chi connectivity index (χ1v) is 9.07. The third-order valence-electron chi connectivity index (χ3n) is 5.17. The molecule has 0 unspecified atom stereocenters. The highest BCUT2D eigenvalue weighted by atomic mass is 16.2. The molecule has 2 fully saturated rings. The van der Waals surface area contributed by atoms with Crippen molar-refractivity contribution in [3.63, 3.8) is 0 Å². The molecule has 0 aromatic heterocycles. The first kappa shape index (κ1) is 17.4. The summed E-state index contributed by atoms with van der Waals surface area (Å²) in [6.07, 6.45) is 0. The first-order chi connectivity index (χ1) is 11.6. The number of nitrogens with zero attached hydrogens (tertiary/aromatic N) is 4. The van der Waals surface area contributed by atoms with Gasteiger partial charge in [0.25, 0.3) is 0 Å². The van der Waals surface area contributed by atoms with Crippen molar-refractivity contribution >= 4 is 5.91 Å². The van der Waals surface area contributed by atoms with E-state index in [2.05, 4.69) is 52.9 Å². The van der Waals surface area contributed by atoms with Gasteiger partial charge >= 0.3 is 0 Å². The fraction of sp³-hybridized carbons (Fsp3) is 0.632. The zero-order valence-electron chi connectivity index (χ0n) is 15.1. The molecule has 0 N–H and O–H groups in total. The lowest BCUT2D eigenvalue weighted by Crippen LogP contribution is -2.53. The number of likely N-dealkylation sites (N-methyl/N-ethyl adjacent to an activating group) is 1. The maximum absolute atomic E-state index is 12.5. The van der Waals surface area contributed by atoms with Gasteiger partial charge in [0, 0.05) is 58.9 Å². The van der Waals surface area contributed by atoms with Gasteiger partial charge in [0.1, 0.15) is 0 Å². The molecule has 132 valence electrons. The van der Waals surface area contributed by atoms with E-state index in [1.165, 1.54) is 11.1 Å². The van der Waals surface area contributed by atoms with Crippen molar-refractivity contribution in [3.05, 3.63) is 35.4 Å². The molecule has 0 aliphatic carbocycles. The predicted molar refractivity (Wildman–Crippen MR) is 97.0 cm³/mol. The van der Waals surface area contributed by atoms with Gasteiger partial charge in [0.05, 0.1) is 6.54 Å². The number of aryl methyl sites for hydroxylation is 1. The summed E-state index contributed by atoms with van der Waals surface area (Å²) in [7, 11) is 2.15. The Hall–Kier alpha value is -1.43. The molecule has 1 aromatic rings. The van der Waals surface area contributed by atoms with Crippen LogP contribution in [0.3, 0.4) is 0 Å². The average molecular weight is 330 g/mol. The van der Waals surface area contributed by atoms with Crippen molar-refractivity contribution in [2.24, 2.45) is 0 Å². The lowest BCUT2D eigenvalue weighted by Gasteiger charge is -2.37. The van der Waals surface area contributed by atoms with Gasteiger partial charge in [-0.15, -0.1) is 0 Å². The van der Waals surface area contributed by atoms with Gasteiger partial charge in [0.2, 0.25) is 5.91 Å². The fourth-order valence-electron chi connectivity index (χ4n) is 3.52. The van der Waals surface area contributed by atoms with E-state index < -0.39 is 0 Å². The second kappa shape index (κ2) is 8.10. The van der Waals surface area contributed by atoms with E-state index in [1.807, 2.05) is 4.90 Å². The zero-order valence-corrected chi connectivity index (χ0v) is 15.1. The smallest absolute Gasteiger partial charge is 0.236 e. The number of rotatable bonds is 4. The number of amides is 1. The van der Waals surface area contributed by atoms with E-state index in [-0.39, 0.29) is 0 Å². The molecule has 2 aliphatic heterocycles. The molecular formula is C19H30N4O. The SMILES string of the molecule is Cc1cccc(CN2CCN(C(=O)CN3CCN(C)CC3)CC2)c1. The molecule has 2 saturated heterocycles. The molecular weight excluding hydrogens is 300 g/mol. The van der Waals surface area contributed by atoms with Crippen LogP contribution in [0.2, 0.25) is 0 Å². The Kier molecular flexibility index (Phi) is 5.87. The van der Waals surface area contributed by atoms with Gasteiger partial charge in [-0.2, -0.15) is 0 Å². The van der Waals surface area contributed by atoms with Crippen LogP contribution in [0.4, 0.5) is 0 Å². The molecule has 5 heteroatoms. The van der Waals surface area contributed by atoms with Crippen LogP contribution in [0.15, 0.2) is 24.3 Å². The van der Waals surface area contributed by atoms with Gasteiger partial charge in [-0.1, -0.05) is 29.8 Å². The number of piperazine rings is 2. The minimum atomic E-state index is 0.301. The standard InChI is InChI=1S/C19H30N4O/c1-17-4-3-5-18(14-17)15-21-10-12-23(13-11-21)19(24)16-22-8-6-20(2)7-9-22/h3-5,14H,6-13,15-16H2,1-2H3. The van der Waals surface area contributed by atoms with Crippen molar-refractivity contribution in [1.82, 2.24) is 19.6 Å². The summed E-state index contributed by atoms with van der Waals surface area (Å²) in [6, 6.07) is 8.71. The molecule has 0 radical (unpaired) electrons. The highest BCUT2D eigenvalue weighted by molar-refractivity contribution is 5.78. The van der Waals surface area contributed by atoms with Gasteiger partial charge in [0.15, 0.2) is 0 Å². The van der Waals surface area contributed by atoms with Crippen LogP contribution in [0.25, 0.3) is 0 Å². The quantitative estimate of drug-likeness (QED) is 0.820. The summed E-state index contributed by atoms with van der Waals surface area (Å²) in [5.41, 5.74) is 2.68. The normalized spacial score (nSPS) is 21.2. The average Bonchev–Trinajstić information content (AvgIpc) is 2.57. The van der Waals surface area contributed by atoms with Crippen LogP contribution in [0, 0.1) is 6.92 Å².